The van der Waals surface area contributed by atoms with E-state index in [0.717, 1.165) is 9.37 Å². The lowest BCUT2D eigenvalue weighted by Crippen LogP contribution is -2.50. The third kappa shape index (κ3) is 3.22. The Labute approximate surface area is 154 Å². The first kappa shape index (κ1) is 17.4. The highest BCUT2D eigenvalue weighted by atomic mass is 79.9. The SMILES string of the molecule is CC(C)[C@@H](C(=O)Nc1ccc(Br)cc1)N1C(=O)c2ccccc2C1=O. The molecule has 0 spiro atoms. The van der Waals surface area contributed by atoms with Gasteiger partial charge in [-0.05, 0) is 42.3 Å². The molecule has 0 radical (unpaired) electrons. The van der Waals surface area contributed by atoms with E-state index in [1.807, 2.05) is 26.0 Å². The van der Waals surface area contributed by atoms with Crippen molar-refractivity contribution in [1.29, 1.82) is 0 Å². The number of amides is 3. The fourth-order valence-corrected chi connectivity index (χ4v) is 3.19. The number of rotatable bonds is 4. The van der Waals surface area contributed by atoms with Gasteiger partial charge in [-0.2, -0.15) is 0 Å². The standard InChI is InChI=1S/C19H17BrN2O3/c1-11(2)16(17(23)21-13-9-7-12(20)8-10-13)22-18(24)14-5-3-4-6-15(14)19(22)25/h3-11,16H,1-2H3,(H,21,23)/t16-/m0/s1. The monoisotopic (exact) mass is 400 g/mol. The largest absolute Gasteiger partial charge is 0.324 e. The Morgan fingerprint density at radius 3 is 1.96 bits per heavy atom. The highest BCUT2D eigenvalue weighted by molar-refractivity contribution is 9.10. The van der Waals surface area contributed by atoms with Crippen molar-refractivity contribution in [1.82, 2.24) is 4.90 Å². The zero-order chi connectivity index (χ0) is 18.1. The Morgan fingerprint density at radius 1 is 0.960 bits per heavy atom. The average Bonchev–Trinajstić information content (AvgIpc) is 2.83. The maximum Gasteiger partial charge on any atom is 0.262 e. The molecule has 0 aliphatic carbocycles. The molecule has 0 aromatic heterocycles. The smallest absolute Gasteiger partial charge is 0.262 e. The van der Waals surface area contributed by atoms with Crippen molar-refractivity contribution < 1.29 is 14.4 Å². The number of anilines is 1. The van der Waals surface area contributed by atoms with Crippen LogP contribution in [-0.4, -0.2) is 28.7 Å². The van der Waals surface area contributed by atoms with Gasteiger partial charge in [0, 0.05) is 10.2 Å². The summed E-state index contributed by atoms with van der Waals surface area (Å²) >= 11 is 3.34. The number of nitrogens with zero attached hydrogens (tertiary/aromatic N) is 1. The first-order valence-electron chi connectivity index (χ1n) is 7.93. The zero-order valence-corrected chi connectivity index (χ0v) is 15.4. The predicted octanol–water partition coefficient (Wildman–Crippen LogP) is 3.71. The van der Waals surface area contributed by atoms with Gasteiger partial charge < -0.3 is 5.32 Å². The molecule has 0 unspecified atom stereocenters. The summed E-state index contributed by atoms with van der Waals surface area (Å²) in [6.45, 7) is 3.63. The van der Waals surface area contributed by atoms with Crippen LogP contribution in [0.2, 0.25) is 0 Å². The Balaban J connectivity index is 1.89. The average molecular weight is 401 g/mol. The van der Waals surface area contributed by atoms with Gasteiger partial charge in [-0.3, -0.25) is 19.3 Å². The number of imide groups is 1. The van der Waals surface area contributed by atoms with E-state index >= 15 is 0 Å². The van der Waals surface area contributed by atoms with Crippen LogP contribution in [0.3, 0.4) is 0 Å². The van der Waals surface area contributed by atoms with Gasteiger partial charge in [0.05, 0.1) is 11.1 Å². The lowest BCUT2D eigenvalue weighted by molar-refractivity contribution is -0.121. The van der Waals surface area contributed by atoms with Gasteiger partial charge in [-0.1, -0.05) is 41.9 Å². The van der Waals surface area contributed by atoms with Gasteiger partial charge in [0.2, 0.25) is 5.91 Å². The summed E-state index contributed by atoms with van der Waals surface area (Å²) in [7, 11) is 0. The molecule has 1 heterocycles. The molecule has 25 heavy (non-hydrogen) atoms. The minimum Gasteiger partial charge on any atom is -0.324 e. The van der Waals surface area contributed by atoms with E-state index in [9.17, 15) is 14.4 Å². The number of fused-ring (bicyclic) bond motifs is 1. The van der Waals surface area contributed by atoms with Crippen molar-refractivity contribution in [3.8, 4) is 0 Å². The summed E-state index contributed by atoms with van der Waals surface area (Å²) in [6.07, 6.45) is 0. The second-order valence-electron chi connectivity index (χ2n) is 6.21. The number of halogens is 1. The molecule has 2 aromatic carbocycles. The van der Waals surface area contributed by atoms with E-state index in [2.05, 4.69) is 21.2 Å². The lowest BCUT2D eigenvalue weighted by atomic mass is 10.0. The summed E-state index contributed by atoms with van der Waals surface area (Å²) < 4.78 is 0.895. The van der Waals surface area contributed by atoms with E-state index in [-0.39, 0.29) is 11.8 Å². The zero-order valence-electron chi connectivity index (χ0n) is 13.8. The summed E-state index contributed by atoms with van der Waals surface area (Å²) in [6, 6.07) is 12.9. The molecule has 0 bridgehead atoms. The summed E-state index contributed by atoms with van der Waals surface area (Å²) in [5.74, 6) is -1.46. The van der Waals surface area contributed by atoms with Crippen LogP contribution in [0.4, 0.5) is 5.69 Å². The summed E-state index contributed by atoms with van der Waals surface area (Å²) in [5, 5.41) is 2.79. The van der Waals surface area contributed by atoms with Gasteiger partial charge in [-0.25, -0.2) is 0 Å². The molecule has 5 nitrogen and oxygen atoms in total. The van der Waals surface area contributed by atoms with E-state index in [0.29, 0.717) is 16.8 Å². The first-order chi connectivity index (χ1) is 11.9. The van der Waals surface area contributed by atoms with E-state index in [1.54, 1.807) is 36.4 Å². The van der Waals surface area contributed by atoms with Gasteiger partial charge >= 0.3 is 0 Å². The molecule has 1 N–H and O–H groups in total. The highest BCUT2D eigenvalue weighted by Gasteiger charge is 2.43. The Bertz CT molecular complexity index is 811. The summed E-state index contributed by atoms with van der Waals surface area (Å²) in [4.78, 5) is 39.2. The van der Waals surface area contributed by atoms with E-state index in [1.165, 1.54) is 0 Å². The third-order valence-corrected chi connectivity index (χ3v) is 4.64. The van der Waals surface area contributed by atoms with E-state index < -0.39 is 17.9 Å². The second kappa shape index (κ2) is 6.80. The molecule has 3 rings (SSSR count). The highest BCUT2D eigenvalue weighted by Crippen LogP contribution is 2.28. The van der Waals surface area contributed by atoms with Crippen molar-refractivity contribution in [2.45, 2.75) is 19.9 Å². The topological polar surface area (TPSA) is 66.5 Å². The number of carbonyl (C=O) groups excluding carboxylic acids is 3. The minimum absolute atomic E-state index is 0.224. The van der Waals surface area contributed by atoms with Crippen LogP contribution in [0.1, 0.15) is 34.6 Å². The number of carbonyl (C=O) groups is 3. The molecule has 128 valence electrons. The molecular weight excluding hydrogens is 384 g/mol. The first-order valence-corrected chi connectivity index (χ1v) is 8.73. The van der Waals surface area contributed by atoms with Crippen LogP contribution in [0.15, 0.2) is 53.0 Å². The van der Waals surface area contributed by atoms with Crippen LogP contribution in [0.5, 0.6) is 0 Å². The fourth-order valence-electron chi connectivity index (χ4n) is 2.93. The van der Waals surface area contributed by atoms with Gasteiger partial charge in [0.15, 0.2) is 0 Å². The molecular formula is C19H17BrN2O3. The van der Waals surface area contributed by atoms with Crippen molar-refractivity contribution in [3.05, 3.63) is 64.1 Å². The van der Waals surface area contributed by atoms with Crippen LogP contribution in [-0.2, 0) is 4.79 Å². The van der Waals surface area contributed by atoms with Gasteiger partial charge in [0.25, 0.3) is 11.8 Å². The van der Waals surface area contributed by atoms with Crippen LogP contribution in [0, 0.1) is 5.92 Å². The van der Waals surface area contributed by atoms with Crippen molar-refractivity contribution in [2.24, 2.45) is 5.92 Å². The van der Waals surface area contributed by atoms with Crippen molar-refractivity contribution in [2.75, 3.05) is 5.32 Å². The van der Waals surface area contributed by atoms with E-state index in [4.69, 9.17) is 0 Å². The van der Waals surface area contributed by atoms with Crippen LogP contribution in [0.25, 0.3) is 0 Å². The van der Waals surface area contributed by atoms with Crippen molar-refractivity contribution in [3.63, 3.8) is 0 Å². The Kier molecular flexibility index (Phi) is 4.72. The number of hydrogen-bond acceptors (Lipinski definition) is 3. The molecule has 3 amide bonds. The molecule has 2 aromatic rings. The molecule has 1 aliphatic heterocycles. The Hall–Kier alpha value is -2.47. The number of nitrogens with one attached hydrogen (secondary N) is 1. The molecule has 1 aliphatic rings. The van der Waals surface area contributed by atoms with Crippen LogP contribution < -0.4 is 5.32 Å². The van der Waals surface area contributed by atoms with Crippen LogP contribution >= 0.6 is 15.9 Å². The number of hydrogen-bond donors (Lipinski definition) is 1. The maximum atomic E-state index is 12.8. The summed E-state index contributed by atoms with van der Waals surface area (Å²) in [5.41, 5.74) is 1.29. The quantitative estimate of drug-likeness (QED) is 0.795. The number of benzene rings is 2. The lowest BCUT2D eigenvalue weighted by Gasteiger charge is -2.28. The molecule has 1 atom stereocenters. The third-order valence-electron chi connectivity index (χ3n) is 4.12. The Morgan fingerprint density at radius 2 is 1.48 bits per heavy atom. The molecule has 0 saturated carbocycles. The molecule has 0 fully saturated rings. The van der Waals surface area contributed by atoms with Gasteiger partial charge in [-0.15, -0.1) is 0 Å². The normalized spacial score (nSPS) is 14.6. The van der Waals surface area contributed by atoms with Gasteiger partial charge in [0.1, 0.15) is 6.04 Å². The predicted molar refractivity (Wildman–Crippen MR) is 98.3 cm³/mol. The maximum absolute atomic E-state index is 12.8. The molecule has 6 heteroatoms. The second-order valence-corrected chi connectivity index (χ2v) is 7.13. The molecule has 0 saturated heterocycles. The fraction of sp³-hybridized carbons (Fsp3) is 0.211. The minimum atomic E-state index is -0.879. The van der Waals surface area contributed by atoms with Crippen molar-refractivity contribution >= 4 is 39.3 Å².